The highest BCUT2D eigenvalue weighted by Crippen LogP contribution is 2.24. The van der Waals surface area contributed by atoms with Crippen molar-refractivity contribution < 1.29 is 9.13 Å². The quantitative estimate of drug-likeness (QED) is 0.838. The Hall–Kier alpha value is -2.03. The number of nitrogens with two attached hydrogens (primary N) is 1. The molecular formula is C15H16FNO. The van der Waals surface area contributed by atoms with E-state index in [9.17, 15) is 4.39 Å². The minimum atomic E-state index is -0.230. The van der Waals surface area contributed by atoms with Gasteiger partial charge in [-0.2, -0.15) is 0 Å². The van der Waals surface area contributed by atoms with E-state index in [0.717, 1.165) is 16.7 Å². The smallest absolute Gasteiger partial charge is 0.142 e. The summed E-state index contributed by atoms with van der Waals surface area (Å²) in [6, 6.07) is 10.3. The summed E-state index contributed by atoms with van der Waals surface area (Å²) in [5, 5.41) is 0. The van der Waals surface area contributed by atoms with Crippen LogP contribution in [0.15, 0.2) is 36.4 Å². The molecule has 0 atom stereocenters. The van der Waals surface area contributed by atoms with E-state index >= 15 is 0 Å². The Balaban J connectivity index is 2.13. The molecule has 0 unspecified atom stereocenters. The SMILES string of the molecule is Cc1ccc(N)c(OCc2ccc(F)cc2C)c1. The van der Waals surface area contributed by atoms with Crippen molar-refractivity contribution in [3.8, 4) is 5.75 Å². The molecule has 2 N–H and O–H groups in total. The van der Waals surface area contributed by atoms with E-state index in [1.54, 1.807) is 6.07 Å². The first-order valence-corrected chi connectivity index (χ1v) is 5.80. The molecule has 0 radical (unpaired) electrons. The van der Waals surface area contributed by atoms with Gasteiger partial charge < -0.3 is 10.5 Å². The highest BCUT2D eigenvalue weighted by molar-refractivity contribution is 5.53. The van der Waals surface area contributed by atoms with Gasteiger partial charge in [-0.1, -0.05) is 12.1 Å². The van der Waals surface area contributed by atoms with Crippen molar-refractivity contribution >= 4 is 5.69 Å². The molecule has 0 amide bonds. The summed E-state index contributed by atoms with van der Waals surface area (Å²) in [6.07, 6.45) is 0. The lowest BCUT2D eigenvalue weighted by atomic mass is 10.1. The number of aryl methyl sites for hydroxylation is 2. The Kier molecular flexibility index (Phi) is 3.51. The molecule has 2 rings (SSSR count). The maximum absolute atomic E-state index is 13.0. The van der Waals surface area contributed by atoms with Crippen LogP contribution in [0.25, 0.3) is 0 Å². The molecule has 0 heterocycles. The van der Waals surface area contributed by atoms with Crippen LogP contribution in [0.4, 0.5) is 10.1 Å². The molecule has 2 nitrogen and oxygen atoms in total. The van der Waals surface area contributed by atoms with Crippen LogP contribution in [0.1, 0.15) is 16.7 Å². The molecule has 0 aliphatic rings. The summed E-state index contributed by atoms with van der Waals surface area (Å²) in [5.74, 6) is 0.435. The van der Waals surface area contributed by atoms with Crippen molar-refractivity contribution in [2.45, 2.75) is 20.5 Å². The van der Waals surface area contributed by atoms with Gasteiger partial charge in [-0.3, -0.25) is 0 Å². The first-order chi connectivity index (χ1) is 8.56. The topological polar surface area (TPSA) is 35.2 Å². The standard InChI is InChI=1S/C15H16FNO/c1-10-3-6-14(17)15(7-10)18-9-12-4-5-13(16)8-11(12)2/h3-8H,9,17H2,1-2H3. The lowest BCUT2D eigenvalue weighted by Gasteiger charge is -2.11. The molecular weight excluding hydrogens is 229 g/mol. The molecule has 18 heavy (non-hydrogen) atoms. The number of benzene rings is 2. The minimum Gasteiger partial charge on any atom is -0.487 e. The van der Waals surface area contributed by atoms with E-state index in [1.165, 1.54) is 12.1 Å². The first-order valence-electron chi connectivity index (χ1n) is 5.80. The zero-order chi connectivity index (χ0) is 13.1. The van der Waals surface area contributed by atoms with Gasteiger partial charge in [0.2, 0.25) is 0 Å². The summed E-state index contributed by atoms with van der Waals surface area (Å²) in [4.78, 5) is 0. The van der Waals surface area contributed by atoms with Crippen LogP contribution in [-0.2, 0) is 6.61 Å². The van der Waals surface area contributed by atoms with Crippen molar-refractivity contribution in [1.82, 2.24) is 0 Å². The van der Waals surface area contributed by atoms with Crippen molar-refractivity contribution in [2.75, 3.05) is 5.73 Å². The van der Waals surface area contributed by atoms with E-state index in [0.29, 0.717) is 18.0 Å². The zero-order valence-corrected chi connectivity index (χ0v) is 10.5. The van der Waals surface area contributed by atoms with Crippen molar-refractivity contribution in [1.29, 1.82) is 0 Å². The number of nitrogen functional groups attached to an aromatic ring is 1. The average Bonchev–Trinajstić information content (AvgIpc) is 2.32. The number of hydrogen-bond donors (Lipinski definition) is 1. The van der Waals surface area contributed by atoms with E-state index in [-0.39, 0.29) is 5.82 Å². The van der Waals surface area contributed by atoms with Gasteiger partial charge >= 0.3 is 0 Å². The summed E-state index contributed by atoms with van der Waals surface area (Å²) in [5.41, 5.74) is 9.37. The Bertz CT molecular complexity index is 566. The second-order valence-corrected chi connectivity index (χ2v) is 4.40. The van der Waals surface area contributed by atoms with Gasteiger partial charge in [-0.05, 0) is 54.8 Å². The van der Waals surface area contributed by atoms with Gasteiger partial charge in [0.25, 0.3) is 0 Å². The summed E-state index contributed by atoms with van der Waals surface area (Å²) >= 11 is 0. The van der Waals surface area contributed by atoms with E-state index in [2.05, 4.69) is 0 Å². The van der Waals surface area contributed by atoms with Crippen LogP contribution in [0.5, 0.6) is 5.75 Å². The van der Waals surface area contributed by atoms with E-state index in [4.69, 9.17) is 10.5 Å². The second-order valence-electron chi connectivity index (χ2n) is 4.40. The van der Waals surface area contributed by atoms with Gasteiger partial charge in [0.1, 0.15) is 18.2 Å². The Labute approximate surface area is 106 Å². The number of halogens is 1. The van der Waals surface area contributed by atoms with Crippen LogP contribution in [0.2, 0.25) is 0 Å². The fourth-order valence-corrected chi connectivity index (χ4v) is 1.74. The molecule has 2 aromatic carbocycles. The highest BCUT2D eigenvalue weighted by atomic mass is 19.1. The molecule has 2 aromatic rings. The number of ether oxygens (including phenoxy) is 1. The van der Waals surface area contributed by atoms with Crippen LogP contribution < -0.4 is 10.5 Å². The minimum absolute atomic E-state index is 0.230. The molecule has 3 heteroatoms. The predicted octanol–water partition coefficient (Wildman–Crippen LogP) is 3.60. The first kappa shape index (κ1) is 12.4. The lowest BCUT2D eigenvalue weighted by Crippen LogP contribution is -2.01. The third-order valence-corrected chi connectivity index (χ3v) is 2.86. The fourth-order valence-electron chi connectivity index (χ4n) is 1.74. The van der Waals surface area contributed by atoms with Crippen LogP contribution >= 0.6 is 0 Å². The molecule has 0 aromatic heterocycles. The average molecular weight is 245 g/mol. The summed E-state index contributed by atoms with van der Waals surface area (Å²) < 4.78 is 18.6. The van der Waals surface area contributed by atoms with Gasteiger partial charge in [0, 0.05) is 0 Å². The summed E-state index contributed by atoms with van der Waals surface area (Å²) in [7, 11) is 0. The Morgan fingerprint density at radius 2 is 1.89 bits per heavy atom. The van der Waals surface area contributed by atoms with E-state index < -0.39 is 0 Å². The normalized spacial score (nSPS) is 10.4. The predicted molar refractivity (Wildman–Crippen MR) is 71.1 cm³/mol. The molecule has 94 valence electrons. The molecule has 0 saturated carbocycles. The fraction of sp³-hybridized carbons (Fsp3) is 0.200. The zero-order valence-electron chi connectivity index (χ0n) is 10.5. The molecule has 0 fully saturated rings. The molecule has 0 bridgehead atoms. The van der Waals surface area contributed by atoms with Gasteiger partial charge in [-0.15, -0.1) is 0 Å². The number of hydrogen-bond acceptors (Lipinski definition) is 2. The Morgan fingerprint density at radius 3 is 2.61 bits per heavy atom. The van der Waals surface area contributed by atoms with Crippen LogP contribution in [-0.4, -0.2) is 0 Å². The van der Waals surface area contributed by atoms with Crippen molar-refractivity contribution in [2.24, 2.45) is 0 Å². The largest absolute Gasteiger partial charge is 0.487 e. The second kappa shape index (κ2) is 5.08. The molecule has 0 saturated heterocycles. The third kappa shape index (κ3) is 2.80. The van der Waals surface area contributed by atoms with Crippen LogP contribution in [0, 0.1) is 19.7 Å². The van der Waals surface area contributed by atoms with Gasteiger partial charge in [0.15, 0.2) is 0 Å². The van der Waals surface area contributed by atoms with Crippen molar-refractivity contribution in [3.05, 3.63) is 58.9 Å². The van der Waals surface area contributed by atoms with Gasteiger partial charge in [0.05, 0.1) is 5.69 Å². The maximum Gasteiger partial charge on any atom is 0.142 e. The number of rotatable bonds is 3. The Morgan fingerprint density at radius 1 is 1.11 bits per heavy atom. The maximum atomic E-state index is 13.0. The molecule has 0 spiro atoms. The summed E-state index contributed by atoms with van der Waals surface area (Å²) in [6.45, 7) is 4.23. The molecule has 0 aliphatic heterocycles. The highest BCUT2D eigenvalue weighted by Gasteiger charge is 2.04. The molecule has 0 aliphatic carbocycles. The number of anilines is 1. The van der Waals surface area contributed by atoms with Gasteiger partial charge in [-0.25, -0.2) is 4.39 Å². The monoisotopic (exact) mass is 245 g/mol. The van der Waals surface area contributed by atoms with Crippen molar-refractivity contribution in [3.63, 3.8) is 0 Å². The lowest BCUT2D eigenvalue weighted by molar-refractivity contribution is 0.307. The van der Waals surface area contributed by atoms with E-state index in [1.807, 2.05) is 32.0 Å². The van der Waals surface area contributed by atoms with Crippen LogP contribution in [0.3, 0.4) is 0 Å². The third-order valence-electron chi connectivity index (χ3n) is 2.86.